The lowest BCUT2D eigenvalue weighted by molar-refractivity contribution is -0.139. The zero-order valence-electron chi connectivity index (χ0n) is 14.5. The summed E-state index contributed by atoms with van der Waals surface area (Å²) >= 11 is 0. The largest absolute Gasteiger partial charge is 0.419 e. The van der Waals surface area contributed by atoms with Crippen LogP contribution in [0.3, 0.4) is 0 Å². The van der Waals surface area contributed by atoms with Gasteiger partial charge in [0.2, 0.25) is 0 Å². The van der Waals surface area contributed by atoms with Gasteiger partial charge in [-0.2, -0.15) is 13.2 Å². The molecule has 0 bridgehead atoms. The van der Waals surface area contributed by atoms with Gasteiger partial charge in [-0.05, 0) is 47.4 Å². The number of hydrogen-bond acceptors (Lipinski definition) is 0. The van der Waals surface area contributed by atoms with Gasteiger partial charge >= 0.3 is 6.18 Å². The summed E-state index contributed by atoms with van der Waals surface area (Å²) in [7, 11) is 0. The summed E-state index contributed by atoms with van der Waals surface area (Å²) in [5.41, 5.74) is 2.29. The van der Waals surface area contributed by atoms with E-state index in [0.717, 1.165) is 37.3 Å². The number of alkyl halides is 3. The molecule has 26 heavy (non-hydrogen) atoms. The van der Waals surface area contributed by atoms with Crippen LogP contribution in [0.2, 0.25) is 0 Å². The highest BCUT2D eigenvalue weighted by atomic mass is 19.4. The lowest BCUT2D eigenvalue weighted by Crippen LogP contribution is -2.08. The molecule has 0 radical (unpaired) electrons. The van der Waals surface area contributed by atoms with Gasteiger partial charge in [-0.3, -0.25) is 0 Å². The van der Waals surface area contributed by atoms with Gasteiger partial charge in [0, 0.05) is 5.39 Å². The fourth-order valence-electron chi connectivity index (χ4n) is 3.17. The van der Waals surface area contributed by atoms with Crippen LogP contribution in [0.1, 0.15) is 35.6 Å². The van der Waals surface area contributed by atoms with E-state index in [1.165, 1.54) is 23.3 Å². The van der Waals surface area contributed by atoms with Gasteiger partial charge < -0.3 is 0 Å². The molecule has 0 saturated carbocycles. The highest BCUT2D eigenvalue weighted by molar-refractivity contribution is 5.84. The van der Waals surface area contributed by atoms with Crippen LogP contribution in [0, 0.1) is 5.82 Å². The molecule has 0 N–H and O–H groups in total. The Hall–Kier alpha value is -2.36. The molecule has 0 spiro atoms. The first-order valence-corrected chi connectivity index (χ1v) is 8.74. The van der Waals surface area contributed by atoms with E-state index in [0.29, 0.717) is 5.39 Å². The number of halogens is 4. The Morgan fingerprint density at radius 1 is 0.731 bits per heavy atom. The summed E-state index contributed by atoms with van der Waals surface area (Å²) in [6.07, 6.45) is -0.910. The van der Waals surface area contributed by atoms with Crippen LogP contribution in [-0.2, 0) is 25.4 Å². The van der Waals surface area contributed by atoms with Gasteiger partial charge in [-0.1, -0.05) is 61.9 Å². The van der Waals surface area contributed by atoms with E-state index in [1.54, 1.807) is 12.1 Å². The second-order valence-corrected chi connectivity index (χ2v) is 6.55. The molecule has 0 saturated heterocycles. The molecule has 136 valence electrons. The highest BCUT2D eigenvalue weighted by Gasteiger charge is 2.34. The van der Waals surface area contributed by atoms with Gasteiger partial charge in [-0.15, -0.1) is 0 Å². The maximum absolute atomic E-state index is 14.1. The van der Waals surface area contributed by atoms with Crippen molar-refractivity contribution in [1.29, 1.82) is 0 Å². The smallest absolute Gasteiger partial charge is 0.206 e. The summed E-state index contributed by atoms with van der Waals surface area (Å²) in [4.78, 5) is 0. The molecule has 0 amide bonds. The third-order valence-electron chi connectivity index (χ3n) is 4.59. The van der Waals surface area contributed by atoms with Crippen LogP contribution >= 0.6 is 0 Å². The van der Waals surface area contributed by atoms with E-state index >= 15 is 0 Å². The Morgan fingerprint density at radius 2 is 1.31 bits per heavy atom. The minimum Gasteiger partial charge on any atom is -0.206 e. The standard InChI is InChI=1S/C22H20F4/c1-2-3-15-4-6-16(7-5-15)8-9-17-10-12-19-18(14-17)11-13-20(21(19)23)22(24,25)26/h4-7,10-14H,2-3,8-9H2,1H3. The van der Waals surface area contributed by atoms with Crippen molar-refractivity contribution in [3.63, 3.8) is 0 Å². The van der Waals surface area contributed by atoms with Gasteiger partial charge in [0.15, 0.2) is 0 Å². The number of fused-ring (bicyclic) bond motifs is 1. The molecule has 0 aromatic heterocycles. The Kier molecular flexibility index (Phi) is 5.30. The molecule has 0 aliphatic heterocycles. The van der Waals surface area contributed by atoms with Crippen LogP contribution < -0.4 is 0 Å². The molecule has 0 unspecified atom stereocenters. The van der Waals surface area contributed by atoms with E-state index < -0.39 is 17.6 Å². The van der Waals surface area contributed by atoms with Crippen molar-refractivity contribution in [3.8, 4) is 0 Å². The van der Waals surface area contributed by atoms with Crippen molar-refractivity contribution in [3.05, 3.63) is 82.7 Å². The summed E-state index contributed by atoms with van der Waals surface area (Å²) < 4.78 is 52.5. The van der Waals surface area contributed by atoms with Crippen LogP contribution in [0.15, 0.2) is 54.6 Å². The lowest BCUT2D eigenvalue weighted by atomic mass is 9.98. The molecular formula is C22H20F4. The number of benzene rings is 3. The van der Waals surface area contributed by atoms with E-state index in [9.17, 15) is 17.6 Å². The van der Waals surface area contributed by atoms with E-state index in [2.05, 4.69) is 31.2 Å². The van der Waals surface area contributed by atoms with Gasteiger partial charge in [0.25, 0.3) is 0 Å². The van der Waals surface area contributed by atoms with E-state index in [1.807, 2.05) is 0 Å². The van der Waals surface area contributed by atoms with Gasteiger partial charge in [-0.25, -0.2) is 4.39 Å². The minimum absolute atomic E-state index is 0.00694. The first-order chi connectivity index (χ1) is 12.4. The van der Waals surface area contributed by atoms with Gasteiger partial charge in [0.1, 0.15) is 5.82 Å². The Balaban J connectivity index is 1.77. The Morgan fingerprint density at radius 3 is 1.92 bits per heavy atom. The van der Waals surface area contributed by atoms with E-state index in [4.69, 9.17) is 0 Å². The average molecular weight is 360 g/mol. The van der Waals surface area contributed by atoms with Crippen molar-refractivity contribution in [2.75, 3.05) is 0 Å². The predicted octanol–water partition coefficient (Wildman–Crippen LogP) is 6.74. The summed E-state index contributed by atoms with van der Waals surface area (Å²) in [5.74, 6) is -1.20. The average Bonchev–Trinajstić information content (AvgIpc) is 2.60. The minimum atomic E-state index is -4.68. The first-order valence-electron chi connectivity index (χ1n) is 8.74. The van der Waals surface area contributed by atoms with Crippen LogP contribution in [-0.4, -0.2) is 0 Å². The molecule has 0 atom stereocenters. The molecule has 0 heterocycles. The van der Waals surface area contributed by atoms with Crippen molar-refractivity contribution < 1.29 is 17.6 Å². The van der Waals surface area contributed by atoms with E-state index in [-0.39, 0.29) is 5.39 Å². The van der Waals surface area contributed by atoms with Crippen molar-refractivity contribution >= 4 is 10.8 Å². The van der Waals surface area contributed by atoms with Crippen LogP contribution in [0.4, 0.5) is 17.6 Å². The van der Waals surface area contributed by atoms with Crippen molar-refractivity contribution in [2.24, 2.45) is 0 Å². The zero-order chi connectivity index (χ0) is 18.7. The molecule has 0 fully saturated rings. The normalized spacial score (nSPS) is 11.9. The third-order valence-corrected chi connectivity index (χ3v) is 4.59. The Bertz CT molecular complexity index is 892. The summed E-state index contributed by atoms with van der Waals surface area (Å²) in [6, 6.07) is 15.6. The van der Waals surface area contributed by atoms with Crippen LogP contribution in [0.5, 0.6) is 0 Å². The molecule has 4 heteroatoms. The Labute approximate surface area is 150 Å². The van der Waals surface area contributed by atoms with Gasteiger partial charge in [0.05, 0.1) is 5.56 Å². The van der Waals surface area contributed by atoms with Crippen molar-refractivity contribution in [1.82, 2.24) is 0 Å². The fourth-order valence-corrected chi connectivity index (χ4v) is 3.17. The summed E-state index contributed by atoms with van der Waals surface area (Å²) in [5, 5.41) is 0.499. The third kappa shape index (κ3) is 4.06. The number of hydrogen-bond donors (Lipinski definition) is 0. The molecular weight excluding hydrogens is 340 g/mol. The van der Waals surface area contributed by atoms with Crippen LogP contribution in [0.25, 0.3) is 10.8 Å². The predicted molar refractivity (Wildman–Crippen MR) is 96.8 cm³/mol. The molecule has 3 rings (SSSR count). The summed E-state index contributed by atoms with van der Waals surface area (Å²) in [6.45, 7) is 2.15. The first kappa shape index (κ1) is 18.4. The maximum Gasteiger partial charge on any atom is 0.419 e. The SMILES string of the molecule is CCCc1ccc(CCc2ccc3c(F)c(C(F)(F)F)ccc3c2)cc1. The quantitative estimate of drug-likeness (QED) is 0.442. The molecule has 0 aliphatic carbocycles. The second kappa shape index (κ2) is 7.48. The maximum atomic E-state index is 14.1. The fraction of sp³-hybridized carbons (Fsp3) is 0.273. The second-order valence-electron chi connectivity index (χ2n) is 6.55. The topological polar surface area (TPSA) is 0 Å². The molecule has 3 aromatic carbocycles. The number of aryl methyl sites for hydroxylation is 3. The highest BCUT2D eigenvalue weighted by Crippen LogP contribution is 2.34. The monoisotopic (exact) mass is 360 g/mol. The molecule has 0 nitrogen and oxygen atoms in total. The van der Waals surface area contributed by atoms with Crippen molar-refractivity contribution in [2.45, 2.75) is 38.8 Å². The molecule has 0 aliphatic rings. The number of rotatable bonds is 5. The lowest BCUT2D eigenvalue weighted by Gasteiger charge is -2.11. The zero-order valence-corrected chi connectivity index (χ0v) is 14.5. The molecule has 3 aromatic rings.